The van der Waals surface area contributed by atoms with Crippen LogP contribution >= 0.6 is 23.2 Å². The summed E-state index contributed by atoms with van der Waals surface area (Å²) in [5.41, 5.74) is 0.913. The largest absolute Gasteiger partial charge is 0.356 e. The number of hydrogen-bond acceptors (Lipinski definition) is 4. The van der Waals surface area contributed by atoms with Crippen molar-refractivity contribution in [1.82, 2.24) is 9.97 Å². The van der Waals surface area contributed by atoms with E-state index < -0.39 is 0 Å². The molecule has 1 N–H and O–H groups in total. The van der Waals surface area contributed by atoms with Crippen molar-refractivity contribution < 1.29 is 4.79 Å². The van der Waals surface area contributed by atoms with E-state index >= 15 is 0 Å². The Morgan fingerprint density at radius 3 is 2.56 bits per heavy atom. The Kier molecular flexibility index (Phi) is 5.45. The number of nitrogens with one attached hydrogen (secondary N) is 1. The Bertz CT molecular complexity index is 789. The third-order valence-corrected chi connectivity index (χ3v) is 5.08. The van der Waals surface area contributed by atoms with Crippen LogP contribution in [0.5, 0.6) is 0 Å². The number of anilines is 2. The summed E-state index contributed by atoms with van der Waals surface area (Å²) < 4.78 is 0. The fourth-order valence-corrected chi connectivity index (χ4v) is 3.14. The predicted molar refractivity (Wildman–Crippen MR) is 102 cm³/mol. The van der Waals surface area contributed by atoms with E-state index in [-0.39, 0.29) is 5.91 Å². The summed E-state index contributed by atoms with van der Waals surface area (Å²) >= 11 is 11.9. The van der Waals surface area contributed by atoms with Crippen molar-refractivity contribution >= 4 is 40.6 Å². The molecule has 25 heavy (non-hydrogen) atoms. The fourth-order valence-electron chi connectivity index (χ4n) is 2.84. The molecule has 1 aromatic carbocycles. The van der Waals surface area contributed by atoms with E-state index in [2.05, 4.69) is 27.1 Å². The third-order valence-electron chi connectivity index (χ3n) is 4.34. The first-order chi connectivity index (χ1) is 11.9. The molecule has 2 heterocycles. The lowest BCUT2D eigenvalue weighted by atomic mass is 9.99. The summed E-state index contributed by atoms with van der Waals surface area (Å²) in [6.07, 6.45) is 2.27. The SMILES string of the molecule is Cc1nc(C(=O)Nc2ccc(Cl)c(Cl)c2)cc(N2CCC(C)CC2)n1. The first-order valence-corrected chi connectivity index (χ1v) is 9.05. The summed E-state index contributed by atoms with van der Waals surface area (Å²) in [7, 11) is 0. The summed E-state index contributed by atoms with van der Waals surface area (Å²) in [5.74, 6) is 1.82. The molecule has 1 fully saturated rings. The molecule has 1 aromatic heterocycles. The van der Waals surface area contributed by atoms with Crippen LogP contribution in [0.25, 0.3) is 0 Å². The zero-order valence-corrected chi connectivity index (χ0v) is 15.7. The molecule has 2 aromatic rings. The zero-order valence-electron chi connectivity index (χ0n) is 14.2. The van der Waals surface area contributed by atoms with Gasteiger partial charge < -0.3 is 10.2 Å². The number of piperidine rings is 1. The lowest BCUT2D eigenvalue weighted by Gasteiger charge is -2.31. The average Bonchev–Trinajstić information content (AvgIpc) is 2.58. The van der Waals surface area contributed by atoms with Crippen LogP contribution in [0.3, 0.4) is 0 Å². The second-order valence-electron chi connectivity index (χ2n) is 6.41. The highest BCUT2D eigenvalue weighted by Crippen LogP contribution is 2.26. The summed E-state index contributed by atoms with van der Waals surface area (Å²) in [5, 5.41) is 3.63. The van der Waals surface area contributed by atoms with Gasteiger partial charge in [0.15, 0.2) is 0 Å². The highest BCUT2D eigenvalue weighted by Gasteiger charge is 2.19. The van der Waals surface area contributed by atoms with Crippen molar-refractivity contribution in [1.29, 1.82) is 0 Å². The van der Waals surface area contributed by atoms with Crippen LogP contribution < -0.4 is 10.2 Å². The van der Waals surface area contributed by atoms with Crippen molar-refractivity contribution in [3.63, 3.8) is 0 Å². The maximum Gasteiger partial charge on any atom is 0.274 e. The third kappa shape index (κ3) is 4.41. The maximum absolute atomic E-state index is 12.6. The molecular weight excluding hydrogens is 359 g/mol. The first kappa shape index (κ1) is 18.0. The number of benzene rings is 1. The van der Waals surface area contributed by atoms with Crippen LogP contribution in [0.15, 0.2) is 24.3 Å². The molecule has 0 aliphatic carbocycles. The number of amides is 1. The van der Waals surface area contributed by atoms with E-state index in [1.807, 2.05) is 0 Å². The molecule has 1 saturated heterocycles. The Balaban J connectivity index is 1.79. The van der Waals surface area contributed by atoms with Crippen LogP contribution in [-0.4, -0.2) is 29.0 Å². The Labute approximate surface area is 157 Å². The lowest BCUT2D eigenvalue weighted by Crippen LogP contribution is -2.34. The number of hydrogen-bond donors (Lipinski definition) is 1. The molecule has 1 amide bonds. The van der Waals surface area contributed by atoms with Gasteiger partial charge in [-0.3, -0.25) is 4.79 Å². The zero-order chi connectivity index (χ0) is 18.0. The van der Waals surface area contributed by atoms with Gasteiger partial charge in [-0.15, -0.1) is 0 Å². The normalized spacial score (nSPS) is 15.3. The summed E-state index contributed by atoms with van der Waals surface area (Å²) in [6.45, 7) is 5.96. The second-order valence-corrected chi connectivity index (χ2v) is 7.23. The van der Waals surface area contributed by atoms with E-state index in [0.29, 0.717) is 27.3 Å². The Hall–Kier alpha value is -1.85. The predicted octanol–water partition coefficient (Wildman–Crippen LogP) is 4.58. The van der Waals surface area contributed by atoms with Gasteiger partial charge in [-0.05, 0) is 43.9 Å². The van der Waals surface area contributed by atoms with Crippen molar-refractivity contribution in [2.75, 3.05) is 23.3 Å². The topological polar surface area (TPSA) is 58.1 Å². The molecule has 3 rings (SSSR count). The molecule has 0 atom stereocenters. The number of rotatable bonds is 3. The number of halogens is 2. The summed E-state index contributed by atoms with van der Waals surface area (Å²) in [4.78, 5) is 23.5. The molecule has 0 bridgehead atoms. The van der Waals surface area contributed by atoms with Crippen LogP contribution in [0.2, 0.25) is 10.0 Å². The number of aromatic nitrogens is 2. The van der Waals surface area contributed by atoms with E-state index in [1.54, 1.807) is 31.2 Å². The van der Waals surface area contributed by atoms with Gasteiger partial charge in [-0.2, -0.15) is 0 Å². The molecule has 5 nitrogen and oxygen atoms in total. The van der Waals surface area contributed by atoms with Gasteiger partial charge in [0.2, 0.25) is 0 Å². The monoisotopic (exact) mass is 378 g/mol. The number of carbonyl (C=O) groups excluding carboxylic acids is 1. The Morgan fingerprint density at radius 1 is 1.16 bits per heavy atom. The standard InChI is InChI=1S/C18H20Cl2N4O/c1-11-5-7-24(8-6-11)17-10-16(21-12(2)22-17)18(25)23-13-3-4-14(19)15(20)9-13/h3-4,9-11H,5-8H2,1-2H3,(H,23,25). The quantitative estimate of drug-likeness (QED) is 0.848. The molecular formula is C18H20Cl2N4O. The smallest absolute Gasteiger partial charge is 0.274 e. The second kappa shape index (κ2) is 7.58. The van der Waals surface area contributed by atoms with Crippen LogP contribution in [0, 0.1) is 12.8 Å². The molecule has 0 saturated carbocycles. The highest BCUT2D eigenvalue weighted by atomic mass is 35.5. The van der Waals surface area contributed by atoms with E-state index in [1.165, 1.54) is 0 Å². The summed E-state index contributed by atoms with van der Waals surface area (Å²) in [6, 6.07) is 6.71. The highest BCUT2D eigenvalue weighted by molar-refractivity contribution is 6.42. The molecule has 132 valence electrons. The number of nitrogens with zero attached hydrogens (tertiary/aromatic N) is 3. The minimum Gasteiger partial charge on any atom is -0.356 e. The molecule has 7 heteroatoms. The van der Waals surface area contributed by atoms with Gasteiger partial charge in [0, 0.05) is 24.8 Å². The fraction of sp³-hybridized carbons (Fsp3) is 0.389. The van der Waals surface area contributed by atoms with Crippen molar-refractivity contribution in [3.8, 4) is 0 Å². The number of carbonyl (C=O) groups is 1. The molecule has 0 unspecified atom stereocenters. The van der Waals surface area contributed by atoms with Crippen molar-refractivity contribution in [2.45, 2.75) is 26.7 Å². The van der Waals surface area contributed by atoms with Gasteiger partial charge >= 0.3 is 0 Å². The van der Waals surface area contributed by atoms with Crippen LogP contribution in [0.1, 0.15) is 36.1 Å². The molecule has 1 aliphatic rings. The first-order valence-electron chi connectivity index (χ1n) is 8.29. The van der Waals surface area contributed by atoms with Crippen molar-refractivity contribution in [3.05, 3.63) is 45.8 Å². The van der Waals surface area contributed by atoms with Gasteiger partial charge in [-0.25, -0.2) is 9.97 Å². The Morgan fingerprint density at radius 2 is 1.88 bits per heavy atom. The van der Waals surface area contributed by atoms with Crippen LogP contribution in [-0.2, 0) is 0 Å². The average molecular weight is 379 g/mol. The van der Waals surface area contributed by atoms with Gasteiger partial charge in [0.05, 0.1) is 10.0 Å². The minimum atomic E-state index is -0.296. The molecule has 1 aliphatic heterocycles. The van der Waals surface area contributed by atoms with E-state index in [0.717, 1.165) is 37.7 Å². The molecule has 0 spiro atoms. The van der Waals surface area contributed by atoms with Gasteiger partial charge in [0.25, 0.3) is 5.91 Å². The number of aryl methyl sites for hydroxylation is 1. The van der Waals surface area contributed by atoms with Gasteiger partial charge in [-0.1, -0.05) is 30.1 Å². The minimum absolute atomic E-state index is 0.296. The van der Waals surface area contributed by atoms with Crippen LogP contribution in [0.4, 0.5) is 11.5 Å². The van der Waals surface area contributed by atoms with E-state index in [4.69, 9.17) is 23.2 Å². The van der Waals surface area contributed by atoms with Gasteiger partial charge in [0.1, 0.15) is 17.3 Å². The molecule has 0 radical (unpaired) electrons. The van der Waals surface area contributed by atoms with E-state index in [9.17, 15) is 4.79 Å². The lowest BCUT2D eigenvalue weighted by molar-refractivity contribution is 0.102. The van der Waals surface area contributed by atoms with Crippen molar-refractivity contribution in [2.24, 2.45) is 5.92 Å². The maximum atomic E-state index is 12.6.